The van der Waals surface area contributed by atoms with Crippen molar-refractivity contribution in [3.8, 4) is 11.5 Å². The Kier molecular flexibility index (Phi) is 5.63. The molecule has 0 aliphatic carbocycles. The summed E-state index contributed by atoms with van der Waals surface area (Å²) in [5, 5.41) is 0. The molecule has 0 amide bonds. The van der Waals surface area contributed by atoms with Crippen LogP contribution in [-0.2, 0) is 10.0 Å². The largest absolute Gasteiger partial charge is 0.457 e. The lowest BCUT2D eigenvalue weighted by atomic mass is 9.94. The average Bonchev–Trinajstić information content (AvgIpc) is 2.68. The van der Waals surface area contributed by atoms with Gasteiger partial charge in [-0.15, -0.1) is 0 Å². The molecule has 0 spiro atoms. The van der Waals surface area contributed by atoms with Crippen molar-refractivity contribution in [1.29, 1.82) is 0 Å². The average molecular weight is 395 g/mol. The Morgan fingerprint density at radius 2 is 1.29 bits per heavy atom. The minimum Gasteiger partial charge on any atom is -0.457 e. The van der Waals surface area contributed by atoms with Crippen LogP contribution in [0.5, 0.6) is 11.5 Å². The molecule has 0 aromatic heterocycles. The molecule has 0 saturated carbocycles. The highest BCUT2D eigenvalue weighted by atomic mass is 32.2. The molecular weight excluding hydrogens is 374 g/mol. The van der Waals surface area contributed by atoms with E-state index in [1.54, 1.807) is 56.3 Å². The van der Waals surface area contributed by atoms with Crippen molar-refractivity contribution in [3.05, 3.63) is 90.5 Å². The van der Waals surface area contributed by atoms with Crippen LogP contribution in [0.3, 0.4) is 0 Å². The van der Waals surface area contributed by atoms with Crippen molar-refractivity contribution in [2.45, 2.75) is 24.3 Å². The van der Waals surface area contributed by atoms with E-state index in [-0.39, 0.29) is 10.7 Å². The minimum atomic E-state index is -3.89. The fraction of sp³-hybridized carbons (Fsp3) is 0.136. The third kappa shape index (κ3) is 4.65. The van der Waals surface area contributed by atoms with Gasteiger partial charge >= 0.3 is 0 Å². The molecule has 3 rings (SSSR count). The number of carbonyl (C=O) groups is 1. The summed E-state index contributed by atoms with van der Waals surface area (Å²) in [6, 6.07) is 23.9. The van der Waals surface area contributed by atoms with Crippen LogP contribution in [0, 0.1) is 0 Å². The first-order valence-corrected chi connectivity index (χ1v) is 10.2. The number of para-hydroxylation sites is 1. The summed E-state index contributed by atoms with van der Waals surface area (Å²) < 4.78 is 33.7. The van der Waals surface area contributed by atoms with Crippen LogP contribution in [0.2, 0.25) is 0 Å². The number of benzene rings is 3. The predicted molar refractivity (Wildman–Crippen MR) is 108 cm³/mol. The highest BCUT2D eigenvalue weighted by Crippen LogP contribution is 2.23. The van der Waals surface area contributed by atoms with Gasteiger partial charge in [0.1, 0.15) is 11.5 Å². The fourth-order valence-electron chi connectivity index (χ4n) is 2.70. The number of hydrogen-bond acceptors (Lipinski definition) is 4. The minimum absolute atomic E-state index is 0.0573. The third-order valence-electron chi connectivity index (χ3n) is 4.11. The SMILES string of the molecule is CC(C)(NS(=O)(=O)c1ccc(Oc2ccccc2)cc1)C(=O)c1ccccc1. The molecule has 0 radical (unpaired) electrons. The molecule has 1 N–H and O–H groups in total. The van der Waals surface area contributed by atoms with Crippen LogP contribution in [0.1, 0.15) is 24.2 Å². The normalized spacial score (nSPS) is 11.8. The second kappa shape index (κ2) is 7.96. The van der Waals surface area contributed by atoms with Crippen LogP contribution in [0.25, 0.3) is 0 Å². The Labute approximate surface area is 165 Å². The zero-order valence-corrected chi connectivity index (χ0v) is 16.4. The molecule has 0 unspecified atom stereocenters. The van der Waals surface area contributed by atoms with E-state index >= 15 is 0 Å². The summed E-state index contributed by atoms with van der Waals surface area (Å²) in [7, 11) is -3.89. The van der Waals surface area contributed by atoms with E-state index in [1.807, 2.05) is 30.3 Å². The number of ketones is 1. The maximum Gasteiger partial charge on any atom is 0.241 e. The van der Waals surface area contributed by atoms with Gasteiger partial charge in [-0.2, -0.15) is 4.72 Å². The molecule has 5 nitrogen and oxygen atoms in total. The van der Waals surface area contributed by atoms with Gasteiger partial charge in [0.25, 0.3) is 0 Å². The summed E-state index contributed by atoms with van der Waals surface area (Å²) in [6.45, 7) is 3.10. The van der Waals surface area contributed by atoms with Crippen LogP contribution in [0.4, 0.5) is 0 Å². The number of hydrogen-bond donors (Lipinski definition) is 1. The summed E-state index contributed by atoms with van der Waals surface area (Å²) in [5.41, 5.74) is -0.846. The van der Waals surface area contributed by atoms with E-state index in [2.05, 4.69) is 4.72 Å². The van der Waals surface area contributed by atoms with Gasteiger partial charge in [0.2, 0.25) is 10.0 Å². The van der Waals surface area contributed by atoms with Gasteiger partial charge in [-0.25, -0.2) is 8.42 Å². The number of carbonyl (C=O) groups excluding carboxylic acids is 1. The first-order chi connectivity index (χ1) is 13.3. The Hall–Kier alpha value is -2.96. The van der Waals surface area contributed by atoms with Crippen LogP contribution < -0.4 is 9.46 Å². The molecule has 6 heteroatoms. The van der Waals surface area contributed by atoms with Gasteiger partial charge in [-0.1, -0.05) is 48.5 Å². The lowest BCUT2D eigenvalue weighted by molar-refractivity contribution is 0.0901. The molecule has 0 bridgehead atoms. The molecule has 0 fully saturated rings. The number of Topliss-reactive ketones (excluding diaryl/α,β-unsaturated/α-hetero) is 1. The quantitative estimate of drug-likeness (QED) is 0.601. The molecule has 3 aromatic carbocycles. The Balaban J connectivity index is 1.76. The molecule has 0 aliphatic rings. The zero-order chi connectivity index (χ0) is 20.2. The highest BCUT2D eigenvalue weighted by molar-refractivity contribution is 7.89. The van der Waals surface area contributed by atoms with Crippen molar-refractivity contribution in [2.75, 3.05) is 0 Å². The van der Waals surface area contributed by atoms with Gasteiger partial charge in [-0.3, -0.25) is 4.79 Å². The van der Waals surface area contributed by atoms with Crippen molar-refractivity contribution >= 4 is 15.8 Å². The first-order valence-electron chi connectivity index (χ1n) is 8.75. The molecule has 0 heterocycles. The first kappa shape index (κ1) is 19.8. The summed E-state index contributed by atoms with van der Waals surface area (Å²) in [4.78, 5) is 12.7. The molecule has 0 aliphatic heterocycles. The van der Waals surface area contributed by atoms with E-state index in [0.29, 0.717) is 17.1 Å². The predicted octanol–water partition coefficient (Wildman–Crippen LogP) is 4.42. The summed E-state index contributed by atoms with van der Waals surface area (Å²) in [5.74, 6) is 0.872. The van der Waals surface area contributed by atoms with Crippen molar-refractivity contribution in [3.63, 3.8) is 0 Å². The van der Waals surface area contributed by atoms with E-state index in [1.165, 1.54) is 12.1 Å². The van der Waals surface area contributed by atoms with Gasteiger partial charge in [-0.05, 0) is 50.2 Å². The van der Waals surface area contributed by atoms with Gasteiger partial charge in [0.15, 0.2) is 5.78 Å². The zero-order valence-electron chi connectivity index (χ0n) is 15.6. The van der Waals surface area contributed by atoms with E-state index in [9.17, 15) is 13.2 Å². The summed E-state index contributed by atoms with van der Waals surface area (Å²) >= 11 is 0. The number of ether oxygens (including phenoxy) is 1. The van der Waals surface area contributed by atoms with Gasteiger partial charge < -0.3 is 4.74 Å². The third-order valence-corrected chi connectivity index (χ3v) is 5.78. The van der Waals surface area contributed by atoms with Crippen LogP contribution >= 0.6 is 0 Å². The summed E-state index contributed by atoms with van der Waals surface area (Å²) in [6.07, 6.45) is 0. The molecule has 28 heavy (non-hydrogen) atoms. The topological polar surface area (TPSA) is 72.5 Å². The lowest BCUT2D eigenvalue weighted by Crippen LogP contribution is -2.49. The van der Waals surface area contributed by atoms with E-state index in [0.717, 1.165) is 0 Å². The maximum absolute atomic E-state index is 12.7. The number of sulfonamides is 1. The number of nitrogens with one attached hydrogen (secondary N) is 1. The monoisotopic (exact) mass is 395 g/mol. The van der Waals surface area contributed by atoms with E-state index in [4.69, 9.17) is 4.74 Å². The van der Waals surface area contributed by atoms with Crippen molar-refractivity contribution < 1.29 is 17.9 Å². The lowest BCUT2D eigenvalue weighted by Gasteiger charge is -2.24. The highest BCUT2D eigenvalue weighted by Gasteiger charge is 2.33. The molecule has 3 aromatic rings. The van der Waals surface area contributed by atoms with Gasteiger partial charge in [0.05, 0.1) is 10.4 Å². The van der Waals surface area contributed by atoms with Crippen molar-refractivity contribution in [2.24, 2.45) is 0 Å². The van der Waals surface area contributed by atoms with E-state index < -0.39 is 15.6 Å². The van der Waals surface area contributed by atoms with Crippen LogP contribution in [-0.4, -0.2) is 19.7 Å². The second-order valence-corrected chi connectivity index (χ2v) is 8.49. The molecule has 0 atom stereocenters. The van der Waals surface area contributed by atoms with Crippen molar-refractivity contribution in [1.82, 2.24) is 4.72 Å². The second-order valence-electron chi connectivity index (χ2n) is 6.81. The molecule has 144 valence electrons. The Bertz CT molecular complexity index is 1040. The standard InChI is InChI=1S/C22H21NO4S/c1-22(2,21(24)17-9-5-3-6-10-17)23-28(25,26)20-15-13-19(14-16-20)27-18-11-7-4-8-12-18/h3-16,23H,1-2H3. The van der Waals surface area contributed by atoms with Gasteiger partial charge in [0, 0.05) is 5.56 Å². The maximum atomic E-state index is 12.7. The molecular formula is C22H21NO4S. The number of rotatable bonds is 7. The Morgan fingerprint density at radius 3 is 1.86 bits per heavy atom. The smallest absolute Gasteiger partial charge is 0.241 e. The van der Waals surface area contributed by atoms with Crippen LogP contribution in [0.15, 0.2) is 89.8 Å². The fourth-order valence-corrected chi connectivity index (χ4v) is 4.08. The molecule has 0 saturated heterocycles. The Morgan fingerprint density at radius 1 is 0.786 bits per heavy atom.